The van der Waals surface area contributed by atoms with Crippen molar-refractivity contribution in [3.63, 3.8) is 0 Å². The second-order valence-corrected chi connectivity index (χ2v) is 3.95. The van der Waals surface area contributed by atoms with Crippen LogP contribution in [0.2, 0.25) is 0 Å². The van der Waals surface area contributed by atoms with Crippen molar-refractivity contribution in [3.05, 3.63) is 29.9 Å². The molecule has 0 aliphatic heterocycles. The highest BCUT2D eigenvalue weighted by atomic mass is 32.1. The van der Waals surface area contributed by atoms with Gasteiger partial charge in [-0.3, -0.25) is 0 Å². The molecule has 0 fully saturated rings. The van der Waals surface area contributed by atoms with Gasteiger partial charge in [-0.2, -0.15) is 0 Å². The molecule has 3 nitrogen and oxygen atoms in total. The summed E-state index contributed by atoms with van der Waals surface area (Å²) in [7, 11) is 0. The fraction of sp³-hybridized carbons (Fsp3) is 0. The molecule has 14 heavy (non-hydrogen) atoms. The first-order valence-corrected chi connectivity index (χ1v) is 5.10. The highest BCUT2D eigenvalue weighted by Crippen LogP contribution is 2.28. The molecular weight excluding hydrogens is 194 g/mol. The number of hydrogen-bond donors (Lipinski definition) is 1. The average Bonchev–Trinajstić information content (AvgIpc) is 2.66. The van der Waals surface area contributed by atoms with Crippen molar-refractivity contribution in [1.29, 1.82) is 0 Å². The summed E-state index contributed by atoms with van der Waals surface area (Å²) in [6, 6.07) is 4.04. The van der Waals surface area contributed by atoms with E-state index in [4.69, 9.17) is 5.73 Å². The molecule has 3 aromatic rings. The molecule has 0 aliphatic rings. The van der Waals surface area contributed by atoms with Gasteiger partial charge in [0.2, 0.25) is 0 Å². The van der Waals surface area contributed by atoms with Crippen LogP contribution < -0.4 is 5.73 Å². The lowest BCUT2D eigenvalue weighted by Crippen LogP contribution is -1.91. The first-order chi connectivity index (χ1) is 6.86. The van der Waals surface area contributed by atoms with Crippen LogP contribution in [0, 0.1) is 0 Å². The van der Waals surface area contributed by atoms with Gasteiger partial charge in [-0.05, 0) is 22.9 Å². The number of nitrogen functional groups attached to an aromatic ring is 1. The fourth-order valence-corrected chi connectivity index (χ4v) is 2.34. The van der Waals surface area contributed by atoms with E-state index in [1.165, 1.54) is 0 Å². The van der Waals surface area contributed by atoms with E-state index in [0.717, 1.165) is 21.0 Å². The van der Waals surface area contributed by atoms with Crippen molar-refractivity contribution < 1.29 is 0 Å². The largest absolute Gasteiger partial charge is 0.383 e. The zero-order valence-electron chi connectivity index (χ0n) is 7.27. The quantitative estimate of drug-likeness (QED) is 0.607. The van der Waals surface area contributed by atoms with Crippen molar-refractivity contribution in [3.8, 4) is 0 Å². The molecule has 4 heteroatoms. The normalized spacial score (nSPS) is 11.1. The van der Waals surface area contributed by atoms with Gasteiger partial charge in [0.1, 0.15) is 10.6 Å². The summed E-state index contributed by atoms with van der Waals surface area (Å²) in [6.45, 7) is 0. The third-order valence-electron chi connectivity index (χ3n) is 2.27. The van der Waals surface area contributed by atoms with Crippen LogP contribution in [0.15, 0.2) is 29.9 Å². The molecule has 3 heterocycles. The lowest BCUT2D eigenvalue weighted by molar-refractivity contribution is 1.36. The molecular formula is C10H7N3S. The molecule has 0 spiro atoms. The molecule has 0 amide bonds. The summed E-state index contributed by atoms with van der Waals surface area (Å²) in [5.74, 6) is 0.545. The van der Waals surface area contributed by atoms with Crippen LogP contribution in [0.4, 0.5) is 5.82 Å². The maximum Gasteiger partial charge on any atom is 0.132 e. The van der Waals surface area contributed by atoms with Crippen LogP contribution >= 0.6 is 11.3 Å². The van der Waals surface area contributed by atoms with Crippen molar-refractivity contribution in [2.45, 2.75) is 0 Å². The Morgan fingerprint density at radius 2 is 2.00 bits per heavy atom. The molecule has 0 bridgehead atoms. The summed E-state index contributed by atoms with van der Waals surface area (Å²) in [5, 5.41) is 5.25. The van der Waals surface area contributed by atoms with Gasteiger partial charge in [0.15, 0.2) is 0 Å². The SMILES string of the molecule is Nc1nccc2c1cnc1sccc12. The Labute approximate surface area is 84.2 Å². The molecule has 0 atom stereocenters. The zero-order chi connectivity index (χ0) is 9.54. The van der Waals surface area contributed by atoms with E-state index in [9.17, 15) is 0 Å². The highest BCUT2D eigenvalue weighted by molar-refractivity contribution is 7.16. The number of nitrogens with zero attached hydrogens (tertiary/aromatic N) is 2. The van der Waals surface area contributed by atoms with E-state index >= 15 is 0 Å². The van der Waals surface area contributed by atoms with E-state index < -0.39 is 0 Å². The standard InChI is InChI=1S/C10H7N3S/c11-9-8-5-13-10-7(2-4-14-10)6(8)1-3-12-9/h1-5H,(H2,11,12). The third-order valence-corrected chi connectivity index (χ3v) is 3.09. The zero-order valence-corrected chi connectivity index (χ0v) is 8.08. The number of fused-ring (bicyclic) bond motifs is 3. The predicted molar refractivity (Wildman–Crippen MR) is 59.3 cm³/mol. The van der Waals surface area contributed by atoms with Gasteiger partial charge in [-0.1, -0.05) is 0 Å². The highest BCUT2D eigenvalue weighted by Gasteiger charge is 2.04. The summed E-state index contributed by atoms with van der Waals surface area (Å²) >= 11 is 1.64. The van der Waals surface area contributed by atoms with Crippen LogP contribution in [0.3, 0.4) is 0 Å². The van der Waals surface area contributed by atoms with E-state index in [1.807, 2.05) is 11.4 Å². The molecule has 0 aromatic carbocycles. The van der Waals surface area contributed by atoms with Gasteiger partial charge in [-0.25, -0.2) is 9.97 Å². The van der Waals surface area contributed by atoms with Gasteiger partial charge in [0.05, 0.1) is 0 Å². The van der Waals surface area contributed by atoms with Crippen LogP contribution in [0.25, 0.3) is 21.0 Å². The minimum atomic E-state index is 0.545. The Kier molecular flexibility index (Phi) is 1.46. The molecule has 68 valence electrons. The van der Waals surface area contributed by atoms with Crippen LogP contribution in [-0.4, -0.2) is 9.97 Å². The van der Waals surface area contributed by atoms with E-state index in [0.29, 0.717) is 5.82 Å². The summed E-state index contributed by atoms with van der Waals surface area (Å²) < 4.78 is 0. The maximum atomic E-state index is 5.77. The number of rotatable bonds is 0. The third kappa shape index (κ3) is 0.914. The van der Waals surface area contributed by atoms with E-state index in [1.54, 1.807) is 23.7 Å². The first kappa shape index (κ1) is 7.70. The second kappa shape index (κ2) is 2.65. The van der Waals surface area contributed by atoms with Crippen LogP contribution in [0.1, 0.15) is 0 Å². The molecule has 0 saturated heterocycles. The fourth-order valence-electron chi connectivity index (χ4n) is 1.59. The molecule has 0 saturated carbocycles. The Bertz CT molecular complexity index is 615. The van der Waals surface area contributed by atoms with E-state index in [-0.39, 0.29) is 0 Å². The lowest BCUT2D eigenvalue weighted by atomic mass is 10.1. The summed E-state index contributed by atoms with van der Waals surface area (Å²) in [6.07, 6.45) is 3.52. The van der Waals surface area contributed by atoms with Gasteiger partial charge < -0.3 is 5.73 Å². The Hall–Kier alpha value is -1.68. The van der Waals surface area contributed by atoms with Gasteiger partial charge >= 0.3 is 0 Å². The first-order valence-electron chi connectivity index (χ1n) is 4.22. The number of anilines is 1. The summed E-state index contributed by atoms with van der Waals surface area (Å²) in [4.78, 5) is 9.41. The number of thiophene rings is 1. The minimum Gasteiger partial charge on any atom is -0.383 e. The lowest BCUT2D eigenvalue weighted by Gasteiger charge is -2.00. The number of aromatic nitrogens is 2. The van der Waals surface area contributed by atoms with Crippen LogP contribution in [0.5, 0.6) is 0 Å². The molecule has 0 aliphatic carbocycles. The average molecular weight is 201 g/mol. The summed E-state index contributed by atoms with van der Waals surface area (Å²) in [5.41, 5.74) is 5.77. The number of hydrogen-bond acceptors (Lipinski definition) is 4. The van der Waals surface area contributed by atoms with Crippen LogP contribution in [-0.2, 0) is 0 Å². The van der Waals surface area contributed by atoms with Crippen molar-refractivity contribution >= 4 is 38.1 Å². The molecule has 0 radical (unpaired) electrons. The minimum absolute atomic E-state index is 0.545. The van der Waals surface area contributed by atoms with E-state index in [2.05, 4.69) is 16.0 Å². The molecule has 3 aromatic heterocycles. The Balaban J connectivity index is 2.64. The van der Waals surface area contributed by atoms with Gasteiger partial charge in [0, 0.05) is 23.2 Å². The number of pyridine rings is 2. The Morgan fingerprint density at radius 3 is 2.93 bits per heavy atom. The number of nitrogens with two attached hydrogens (primary N) is 1. The Morgan fingerprint density at radius 1 is 1.07 bits per heavy atom. The second-order valence-electron chi connectivity index (χ2n) is 3.06. The molecule has 2 N–H and O–H groups in total. The topological polar surface area (TPSA) is 51.8 Å². The monoisotopic (exact) mass is 201 g/mol. The molecule has 3 rings (SSSR count). The van der Waals surface area contributed by atoms with Gasteiger partial charge in [-0.15, -0.1) is 11.3 Å². The van der Waals surface area contributed by atoms with Crippen molar-refractivity contribution in [2.24, 2.45) is 0 Å². The maximum absolute atomic E-state index is 5.77. The predicted octanol–water partition coefficient (Wildman–Crippen LogP) is 2.43. The van der Waals surface area contributed by atoms with Gasteiger partial charge in [0.25, 0.3) is 0 Å². The smallest absolute Gasteiger partial charge is 0.132 e. The van der Waals surface area contributed by atoms with Crippen molar-refractivity contribution in [2.75, 3.05) is 5.73 Å². The van der Waals surface area contributed by atoms with Crippen molar-refractivity contribution in [1.82, 2.24) is 9.97 Å². The molecule has 0 unspecified atom stereocenters.